The highest BCUT2D eigenvalue weighted by atomic mass is 32.2. The van der Waals surface area contributed by atoms with Crippen molar-refractivity contribution in [2.75, 3.05) is 11.1 Å². The van der Waals surface area contributed by atoms with Crippen LogP contribution in [0, 0.1) is 0 Å². The Hall–Kier alpha value is -1.96. The Labute approximate surface area is 152 Å². The number of anilines is 1. The Morgan fingerprint density at radius 3 is 2.67 bits per heavy atom. The summed E-state index contributed by atoms with van der Waals surface area (Å²) >= 11 is 4.32. The highest BCUT2D eigenvalue weighted by molar-refractivity contribution is 8.01. The average molecular weight is 375 g/mol. The van der Waals surface area contributed by atoms with E-state index in [1.807, 2.05) is 53.2 Å². The Bertz CT molecular complexity index is 814. The molecule has 0 spiro atoms. The summed E-state index contributed by atoms with van der Waals surface area (Å²) in [6.45, 7) is 0. The molecule has 1 N–H and O–H groups in total. The summed E-state index contributed by atoms with van der Waals surface area (Å²) in [7, 11) is 0. The van der Waals surface area contributed by atoms with Gasteiger partial charge in [-0.15, -0.1) is 22.7 Å². The fourth-order valence-electron chi connectivity index (χ4n) is 1.96. The van der Waals surface area contributed by atoms with Gasteiger partial charge in [-0.25, -0.2) is 4.98 Å². The molecule has 0 aliphatic rings. The summed E-state index contributed by atoms with van der Waals surface area (Å²) in [4.78, 5) is 29.2. The number of para-hydroxylation sites is 1. The summed E-state index contributed by atoms with van der Waals surface area (Å²) in [5.74, 6) is 0.371. The van der Waals surface area contributed by atoms with Gasteiger partial charge in [0.1, 0.15) is 0 Å². The molecule has 7 heteroatoms. The Kier molecular flexibility index (Phi) is 5.79. The number of carbonyl (C=O) groups excluding carboxylic acids is 2. The maximum absolute atomic E-state index is 12.0. The number of thiophene rings is 1. The van der Waals surface area contributed by atoms with Gasteiger partial charge in [-0.2, -0.15) is 0 Å². The zero-order valence-corrected chi connectivity index (χ0v) is 15.0. The van der Waals surface area contributed by atoms with E-state index in [-0.39, 0.29) is 18.1 Å². The highest BCUT2D eigenvalue weighted by Gasteiger charge is 2.11. The monoisotopic (exact) mass is 374 g/mol. The molecule has 1 amide bonds. The molecular formula is C17H14N2O2S3. The van der Waals surface area contributed by atoms with Crippen LogP contribution in [0.3, 0.4) is 0 Å². The Morgan fingerprint density at radius 1 is 1.08 bits per heavy atom. The number of benzene rings is 1. The number of ketones is 1. The summed E-state index contributed by atoms with van der Waals surface area (Å²) < 4.78 is 0.808. The van der Waals surface area contributed by atoms with Crippen molar-refractivity contribution in [2.24, 2.45) is 0 Å². The maximum Gasteiger partial charge on any atom is 0.230 e. The van der Waals surface area contributed by atoms with E-state index in [4.69, 9.17) is 0 Å². The molecule has 0 radical (unpaired) electrons. The topological polar surface area (TPSA) is 59.1 Å². The normalized spacial score (nSPS) is 10.5. The third-order valence-corrected chi connectivity index (χ3v) is 6.03. The number of nitrogens with one attached hydrogen (secondary N) is 1. The fraction of sp³-hybridized carbons (Fsp3) is 0.118. The summed E-state index contributed by atoms with van der Waals surface area (Å²) in [5, 5.41) is 6.59. The standard InChI is InChI=1S/C17H14N2O2S3/c20-14(15-7-4-8-22-15)11-24-17-19-13(10-23-17)9-16(21)18-12-5-2-1-3-6-12/h1-8,10H,9,11H2,(H,18,21). The van der Waals surface area contributed by atoms with Crippen molar-refractivity contribution in [1.82, 2.24) is 4.98 Å². The number of carbonyl (C=O) groups is 2. The molecule has 4 nitrogen and oxygen atoms in total. The first-order chi connectivity index (χ1) is 11.7. The van der Waals surface area contributed by atoms with E-state index in [2.05, 4.69) is 10.3 Å². The van der Waals surface area contributed by atoms with Crippen LogP contribution in [0.25, 0.3) is 0 Å². The van der Waals surface area contributed by atoms with Gasteiger partial charge in [0, 0.05) is 11.1 Å². The van der Waals surface area contributed by atoms with Crippen LogP contribution in [0.2, 0.25) is 0 Å². The maximum atomic E-state index is 12.0. The lowest BCUT2D eigenvalue weighted by atomic mass is 10.3. The molecule has 3 aromatic rings. The van der Waals surface area contributed by atoms with Crippen LogP contribution in [0.5, 0.6) is 0 Å². The van der Waals surface area contributed by atoms with Gasteiger partial charge in [0.2, 0.25) is 5.91 Å². The minimum atomic E-state index is -0.0993. The zero-order valence-electron chi connectivity index (χ0n) is 12.6. The molecule has 0 fully saturated rings. The van der Waals surface area contributed by atoms with Crippen LogP contribution in [-0.2, 0) is 11.2 Å². The number of thioether (sulfide) groups is 1. The first-order valence-corrected chi connectivity index (χ1v) is 9.94. The lowest BCUT2D eigenvalue weighted by Crippen LogP contribution is -2.14. The number of rotatable bonds is 7. The molecule has 0 atom stereocenters. The summed E-state index contributed by atoms with van der Waals surface area (Å²) in [6, 6.07) is 13.0. The summed E-state index contributed by atoms with van der Waals surface area (Å²) in [6.07, 6.45) is 0.227. The first-order valence-electron chi connectivity index (χ1n) is 7.19. The number of Topliss-reactive ketones (excluding diaryl/α,β-unsaturated/α-hetero) is 1. The molecule has 1 aromatic carbocycles. The van der Waals surface area contributed by atoms with Gasteiger partial charge in [0.25, 0.3) is 0 Å². The minimum Gasteiger partial charge on any atom is -0.326 e. The van der Waals surface area contributed by atoms with Crippen molar-refractivity contribution >= 4 is 51.8 Å². The smallest absolute Gasteiger partial charge is 0.230 e. The predicted octanol–water partition coefficient (Wildman–Crippen LogP) is 4.36. The van der Waals surface area contributed by atoms with Gasteiger partial charge < -0.3 is 5.32 Å². The molecule has 0 bridgehead atoms. The SMILES string of the molecule is O=C(Cc1csc(SCC(=O)c2cccs2)n1)Nc1ccccc1. The molecule has 24 heavy (non-hydrogen) atoms. The van der Waals surface area contributed by atoms with Crippen LogP contribution >= 0.6 is 34.4 Å². The van der Waals surface area contributed by atoms with Crippen LogP contribution in [0.4, 0.5) is 5.69 Å². The third kappa shape index (κ3) is 4.77. The molecule has 0 saturated heterocycles. The molecule has 0 aliphatic heterocycles. The van der Waals surface area contributed by atoms with Crippen LogP contribution in [0.1, 0.15) is 15.4 Å². The molecule has 2 aromatic heterocycles. The van der Waals surface area contributed by atoms with Crippen molar-refractivity contribution in [2.45, 2.75) is 10.8 Å². The molecule has 0 aliphatic carbocycles. The molecule has 0 unspecified atom stereocenters. The Morgan fingerprint density at radius 2 is 1.92 bits per heavy atom. The second kappa shape index (κ2) is 8.23. The predicted molar refractivity (Wildman–Crippen MR) is 100 cm³/mol. The van der Waals surface area contributed by atoms with Gasteiger partial charge in [-0.05, 0) is 23.6 Å². The van der Waals surface area contributed by atoms with Crippen LogP contribution in [0.15, 0.2) is 57.6 Å². The van der Waals surface area contributed by atoms with Crippen LogP contribution in [-0.4, -0.2) is 22.4 Å². The van der Waals surface area contributed by atoms with E-state index in [9.17, 15) is 9.59 Å². The molecule has 0 saturated carbocycles. The van der Waals surface area contributed by atoms with Gasteiger partial charge in [-0.1, -0.05) is 36.0 Å². The molecule has 2 heterocycles. The van der Waals surface area contributed by atoms with Crippen molar-refractivity contribution in [1.29, 1.82) is 0 Å². The average Bonchev–Trinajstić information content (AvgIpc) is 3.25. The van der Waals surface area contributed by atoms with Crippen molar-refractivity contribution in [3.63, 3.8) is 0 Å². The van der Waals surface area contributed by atoms with Crippen molar-refractivity contribution in [3.05, 3.63) is 63.8 Å². The minimum absolute atomic E-state index is 0.0993. The second-order valence-electron chi connectivity index (χ2n) is 4.88. The lowest BCUT2D eigenvalue weighted by molar-refractivity contribution is -0.115. The number of hydrogen-bond donors (Lipinski definition) is 1. The van der Waals surface area contributed by atoms with Crippen molar-refractivity contribution < 1.29 is 9.59 Å². The number of thiazole rings is 1. The van der Waals surface area contributed by atoms with Gasteiger partial charge >= 0.3 is 0 Å². The Balaban J connectivity index is 1.50. The van der Waals surface area contributed by atoms with Crippen molar-refractivity contribution in [3.8, 4) is 0 Å². The number of amides is 1. The van der Waals surface area contributed by atoms with Gasteiger partial charge in [0.15, 0.2) is 10.1 Å². The van der Waals surface area contributed by atoms with Crippen LogP contribution < -0.4 is 5.32 Å². The van der Waals surface area contributed by atoms with Gasteiger partial charge in [-0.3, -0.25) is 9.59 Å². The van der Waals surface area contributed by atoms with E-state index in [1.165, 1.54) is 34.4 Å². The van der Waals surface area contributed by atoms with E-state index in [1.54, 1.807) is 0 Å². The number of aromatic nitrogens is 1. The largest absolute Gasteiger partial charge is 0.326 e. The third-order valence-electron chi connectivity index (χ3n) is 3.05. The van der Waals surface area contributed by atoms with E-state index in [0.717, 1.165) is 20.6 Å². The fourth-order valence-corrected chi connectivity index (χ4v) is 4.45. The number of hydrogen-bond acceptors (Lipinski definition) is 6. The second-order valence-corrected chi connectivity index (χ2v) is 7.91. The van der Waals surface area contributed by atoms with E-state index < -0.39 is 0 Å². The lowest BCUT2D eigenvalue weighted by Gasteiger charge is -2.02. The van der Waals surface area contributed by atoms with Gasteiger partial charge in [0.05, 0.1) is 22.7 Å². The first kappa shape index (κ1) is 16.9. The highest BCUT2D eigenvalue weighted by Crippen LogP contribution is 2.24. The molecule has 3 rings (SSSR count). The van der Waals surface area contributed by atoms with E-state index in [0.29, 0.717) is 5.75 Å². The zero-order chi connectivity index (χ0) is 16.8. The quantitative estimate of drug-likeness (QED) is 0.493. The number of nitrogens with zero attached hydrogens (tertiary/aromatic N) is 1. The molecular weight excluding hydrogens is 360 g/mol. The van der Waals surface area contributed by atoms with E-state index >= 15 is 0 Å². The molecule has 122 valence electrons. The summed E-state index contributed by atoms with van der Waals surface area (Å²) in [5.41, 5.74) is 1.49.